The molecule has 2 aliphatic rings. The molecule has 0 atom stereocenters. The van der Waals surface area contributed by atoms with Crippen LogP contribution in [-0.4, -0.2) is 76.4 Å². The van der Waals surface area contributed by atoms with Crippen molar-refractivity contribution in [2.75, 3.05) is 48.8 Å². The Bertz CT molecular complexity index is 1270. The third kappa shape index (κ3) is 5.99. The number of piperidine rings is 2. The third-order valence-corrected chi connectivity index (χ3v) is 7.36. The first-order valence-corrected chi connectivity index (χ1v) is 13.2. The summed E-state index contributed by atoms with van der Waals surface area (Å²) in [4.78, 5) is 26.3. The Balaban J connectivity index is 1.28. The van der Waals surface area contributed by atoms with E-state index in [9.17, 15) is 9.18 Å². The van der Waals surface area contributed by atoms with E-state index in [2.05, 4.69) is 25.7 Å². The standard InChI is InChI=1S/C26H32ClFN8O2/c1-16-14-22(34-33-16)30-21-15-23(35-12-8-18(38-2)9-13-35)32-26(31-21)29-17-6-10-36(11-7-17)25(37)19-4-3-5-20(27)24(19)28/h3-5,14-15,17-18H,6-13H2,1-2H3,(H3,29,30,31,32,33,34). The number of halogens is 2. The Morgan fingerprint density at radius 1 is 1.11 bits per heavy atom. The van der Waals surface area contributed by atoms with Gasteiger partial charge in [0.25, 0.3) is 5.91 Å². The molecular weight excluding hydrogens is 511 g/mol. The molecule has 3 aromatic rings. The molecular formula is C26H32ClFN8O2. The zero-order valence-electron chi connectivity index (χ0n) is 21.5. The fraction of sp³-hybridized carbons (Fsp3) is 0.462. The molecule has 1 amide bonds. The van der Waals surface area contributed by atoms with Gasteiger partial charge in [0.1, 0.15) is 11.6 Å². The highest BCUT2D eigenvalue weighted by Crippen LogP contribution is 2.26. The smallest absolute Gasteiger partial charge is 0.256 e. The van der Waals surface area contributed by atoms with Crippen LogP contribution in [0.2, 0.25) is 5.02 Å². The van der Waals surface area contributed by atoms with Gasteiger partial charge in [0.15, 0.2) is 11.6 Å². The van der Waals surface area contributed by atoms with Crippen LogP contribution in [0.3, 0.4) is 0 Å². The van der Waals surface area contributed by atoms with Gasteiger partial charge in [-0.1, -0.05) is 17.7 Å². The number of nitrogens with zero attached hydrogens (tertiary/aromatic N) is 5. The molecule has 2 aliphatic heterocycles. The predicted octanol–water partition coefficient (Wildman–Crippen LogP) is 4.38. The van der Waals surface area contributed by atoms with Crippen molar-refractivity contribution < 1.29 is 13.9 Å². The van der Waals surface area contributed by atoms with E-state index in [1.54, 1.807) is 18.1 Å². The molecule has 10 nitrogen and oxygen atoms in total. The lowest BCUT2D eigenvalue weighted by Crippen LogP contribution is -2.43. The van der Waals surface area contributed by atoms with Crippen molar-refractivity contribution in [3.05, 3.63) is 52.4 Å². The number of anilines is 4. The largest absolute Gasteiger partial charge is 0.381 e. The minimum Gasteiger partial charge on any atom is -0.381 e. The number of methoxy groups -OCH3 is 1. The molecule has 0 aliphatic carbocycles. The highest BCUT2D eigenvalue weighted by Gasteiger charge is 2.27. The number of likely N-dealkylation sites (tertiary alicyclic amines) is 1. The topological polar surface area (TPSA) is 111 Å². The molecule has 2 fully saturated rings. The van der Waals surface area contributed by atoms with Crippen LogP contribution in [-0.2, 0) is 4.74 Å². The number of aromatic nitrogens is 4. The first kappa shape index (κ1) is 26.2. The Hall–Kier alpha value is -3.44. The number of carbonyl (C=O) groups is 1. The average Bonchev–Trinajstić information content (AvgIpc) is 3.34. The van der Waals surface area contributed by atoms with Crippen molar-refractivity contribution in [2.45, 2.75) is 44.8 Å². The lowest BCUT2D eigenvalue weighted by Gasteiger charge is -2.34. The van der Waals surface area contributed by atoms with Gasteiger partial charge in [-0.25, -0.2) is 4.39 Å². The second kappa shape index (κ2) is 11.5. The minimum atomic E-state index is -0.675. The maximum Gasteiger partial charge on any atom is 0.256 e. The Morgan fingerprint density at radius 3 is 2.55 bits per heavy atom. The van der Waals surface area contributed by atoms with E-state index in [0.29, 0.717) is 43.5 Å². The minimum absolute atomic E-state index is 0.00140. The first-order chi connectivity index (χ1) is 18.4. The molecule has 0 unspecified atom stereocenters. The monoisotopic (exact) mass is 542 g/mol. The van der Waals surface area contributed by atoms with Crippen LogP contribution >= 0.6 is 11.6 Å². The normalized spacial score (nSPS) is 17.1. The van der Waals surface area contributed by atoms with E-state index in [0.717, 1.165) is 37.4 Å². The lowest BCUT2D eigenvalue weighted by atomic mass is 10.0. The second-order valence-electron chi connectivity index (χ2n) is 9.73. The van der Waals surface area contributed by atoms with Gasteiger partial charge in [-0.3, -0.25) is 9.89 Å². The number of nitrogens with one attached hydrogen (secondary N) is 3. The van der Waals surface area contributed by atoms with Crippen molar-refractivity contribution in [3.63, 3.8) is 0 Å². The highest BCUT2D eigenvalue weighted by molar-refractivity contribution is 6.31. The predicted molar refractivity (Wildman–Crippen MR) is 145 cm³/mol. The molecule has 202 valence electrons. The van der Waals surface area contributed by atoms with Gasteiger partial charge in [-0.2, -0.15) is 15.1 Å². The SMILES string of the molecule is COC1CCN(c2cc(Nc3cc(C)[nH]n3)nc(NC3CCN(C(=O)c4cccc(Cl)c4F)CC3)n2)CC1. The number of carbonyl (C=O) groups excluding carboxylic acids is 1. The summed E-state index contributed by atoms with van der Waals surface area (Å²) in [5, 5.41) is 13.9. The van der Waals surface area contributed by atoms with Gasteiger partial charge >= 0.3 is 0 Å². The number of amides is 1. The number of hydrogen-bond donors (Lipinski definition) is 3. The number of aromatic amines is 1. The van der Waals surface area contributed by atoms with E-state index in [4.69, 9.17) is 26.3 Å². The summed E-state index contributed by atoms with van der Waals surface area (Å²) in [5.74, 6) is 1.64. The molecule has 5 rings (SSSR count). The van der Waals surface area contributed by atoms with Gasteiger partial charge in [0.2, 0.25) is 5.95 Å². The molecule has 3 N–H and O–H groups in total. The number of benzene rings is 1. The molecule has 4 heterocycles. The summed E-state index contributed by atoms with van der Waals surface area (Å²) in [5.41, 5.74) is 0.947. The van der Waals surface area contributed by atoms with Crippen LogP contribution in [0.15, 0.2) is 30.3 Å². The lowest BCUT2D eigenvalue weighted by molar-refractivity contribution is 0.0713. The van der Waals surface area contributed by atoms with Gasteiger partial charge in [0.05, 0.1) is 16.7 Å². The summed E-state index contributed by atoms with van der Waals surface area (Å²) in [7, 11) is 1.76. The van der Waals surface area contributed by atoms with Crippen LogP contribution < -0.4 is 15.5 Å². The van der Waals surface area contributed by atoms with Crippen molar-refractivity contribution in [1.82, 2.24) is 25.1 Å². The molecule has 2 aromatic heterocycles. The van der Waals surface area contributed by atoms with Gasteiger partial charge < -0.3 is 25.2 Å². The second-order valence-corrected chi connectivity index (χ2v) is 10.1. The molecule has 12 heteroatoms. The number of H-pyrrole nitrogens is 1. The fourth-order valence-electron chi connectivity index (χ4n) is 4.91. The third-order valence-electron chi connectivity index (χ3n) is 7.07. The highest BCUT2D eigenvalue weighted by atomic mass is 35.5. The van der Waals surface area contributed by atoms with Gasteiger partial charge in [-0.15, -0.1) is 0 Å². The number of ether oxygens (including phenoxy) is 1. The maximum atomic E-state index is 14.4. The molecule has 2 saturated heterocycles. The summed E-state index contributed by atoms with van der Waals surface area (Å²) in [6, 6.07) is 8.41. The van der Waals surface area contributed by atoms with E-state index < -0.39 is 5.82 Å². The number of hydrogen-bond acceptors (Lipinski definition) is 8. The van der Waals surface area contributed by atoms with Crippen LogP contribution in [0.5, 0.6) is 0 Å². The molecule has 0 spiro atoms. The zero-order chi connectivity index (χ0) is 26.6. The van der Waals surface area contributed by atoms with E-state index in [-0.39, 0.29) is 28.6 Å². The molecule has 1 aromatic carbocycles. The van der Waals surface area contributed by atoms with Gasteiger partial charge in [0, 0.05) is 57.2 Å². The van der Waals surface area contributed by atoms with Gasteiger partial charge in [-0.05, 0) is 44.7 Å². The van der Waals surface area contributed by atoms with E-state index in [1.165, 1.54) is 12.1 Å². The van der Waals surface area contributed by atoms with Crippen molar-refractivity contribution in [2.24, 2.45) is 0 Å². The summed E-state index contributed by atoms with van der Waals surface area (Å²) >= 11 is 5.87. The summed E-state index contributed by atoms with van der Waals surface area (Å²) in [6.07, 6.45) is 3.50. The Kier molecular flexibility index (Phi) is 7.94. The molecule has 38 heavy (non-hydrogen) atoms. The van der Waals surface area contributed by atoms with Crippen molar-refractivity contribution in [1.29, 1.82) is 0 Å². The number of rotatable bonds is 7. The molecule has 0 radical (unpaired) electrons. The number of aryl methyl sites for hydroxylation is 1. The van der Waals surface area contributed by atoms with E-state index in [1.807, 2.05) is 19.1 Å². The summed E-state index contributed by atoms with van der Waals surface area (Å²) < 4.78 is 19.9. The quantitative estimate of drug-likeness (QED) is 0.403. The van der Waals surface area contributed by atoms with Crippen LogP contribution in [0.1, 0.15) is 41.7 Å². The maximum absolute atomic E-state index is 14.4. The van der Waals surface area contributed by atoms with Crippen LogP contribution in [0, 0.1) is 12.7 Å². The zero-order valence-corrected chi connectivity index (χ0v) is 22.3. The molecule has 0 bridgehead atoms. The molecule has 0 saturated carbocycles. The summed E-state index contributed by atoms with van der Waals surface area (Å²) in [6.45, 7) is 4.61. The Labute approximate surface area is 225 Å². The van der Waals surface area contributed by atoms with E-state index >= 15 is 0 Å². The average molecular weight is 543 g/mol. The van der Waals surface area contributed by atoms with Crippen LogP contribution in [0.25, 0.3) is 0 Å². The Morgan fingerprint density at radius 2 is 1.87 bits per heavy atom. The van der Waals surface area contributed by atoms with Crippen molar-refractivity contribution >= 4 is 40.9 Å². The fourth-order valence-corrected chi connectivity index (χ4v) is 5.08. The first-order valence-electron chi connectivity index (χ1n) is 12.9. The van der Waals surface area contributed by atoms with Crippen LogP contribution in [0.4, 0.5) is 27.8 Å². The van der Waals surface area contributed by atoms with Crippen molar-refractivity contribution in [3.8, 4) is 0 Å².